The fraction of sp³-hybridized carbons (Fsp3) is 0.400. The Morgan fingerprint density at radius 2 is 2.38 bits per heavy atom. The molecule has 0 aliphatic carbocycles. The molecule has 70 valence electrons. The molecular formula is C10H13NO2. The van der Waals surface area contributed by atoms with Crippen molar-refractivity contribution in [3.63, 3.8) is 0 Å². The number of fused-ring (bicyclic) bond motifs is 1. The predicted molar refractivity (Wildman–Crippen MR) is 49.6 cm³/mol. The predicted octanol–water partition coefficient (Wildman–Crippen LogP) is 0.661. The van der Waals surface area contributed by atoms with Crippen LogP contribution in [0.15, 0.2) is 18.2 Å². The summed E-state index contributed by atoms with van der Waals surface area (Å²) in [5.41, 5.74) is 2.04. The van der Waals surface area contributed by atoms with Gasteiger partial charge in [-0.2, -0.15) is 0 Å². The summed E-state index contributed by atoms with van der Waals surface area (Å²) >= 11 is 0. The van der Waals surface area contributed by atoms with E-state index < -0.39 is 0 Å². The first kappa shape index (κ1) is 8.53. The van der Waals surface area contributed by atoms with Crippen molar-refractivity contribution in [3.8, 4) is 5.75 Å². The van der Waals surface area contributed by atoms with Gasteiger partial charge in [0.15, 0.2) is 0 Å². The second-order valence-corrected chi connectivity index (χ2v) is 3.08. The molecule has 0 bridgehead atoms. The highest BCUT2D eigenvalue weighted by Crippen LogP contribution is 2.23. The summed E-state index contributed by atoms with van der Waals surface area (Å²) in [6, 6.07) is 5.78. The maximum Gasteiger partial charge on any atom is 0.124 e. The van der Waals surface area contributed by atoms with E-state index in [0.717, 1.165) is 30.0 Å². The van der Waals surface area contributed by atoms with E-state index in [9.17, 15) is 0 Å². The third-order valence-corrected chi connectivity index (χ3v) is 2.24. The summed E-state index contributed by atoms with van der Waals surface area (Å²) in [5, 5.41) is 12.3. The van der Waals surface area contributed by atoms with Crippen LogP contribution in [-0.4, -0.2) is 18.3 Å². The fourth-order valence-electron chi connectivity index (χ4n) is 1.54. The molecule has 1 aliphatic rings. The molecule has 2 rings (SSSR count). The van der Waals surface area contributed by atoms with Crippen LogP contribution in [0.1, 0.15) is 11.1 Å². The first-order chi connectivity index (χ1) is 6.42. The van der Waals surface area contributed by atoms with Crippen LogP contribution in [0.25, 0.3) is 0 Å². The van der Waals surface area contributed by atoms with E-state index in [2.05, 4.69) is 5.32 Å². The molecule has 3 nitrogen and oxygen atoms in total. The van der Waals surface area contributed by atoms with Gasteiger partial charge >= 0.3 is 0 Å². The number of aliphatic hydroxyl groups is 1. The number of rotatable bonds is 1. The molecule has 0 spiro atoms. The van der Waals surface area contributed by atoms with Gasteiger partial charge in [-0.05, 0) is 11.6 Å². The minimum Gasteiger partial charge on any atom is -0.492 e. The summed E-state index contributed by atoms with van der Waals surface area (Å²) in [4.78, 5) is 0. The summed E-state index contributed by atoms with van der Waals surface area (Å²) < 4.78 is 5.52. The molecule has 0 atom stereocenters. The maximum absolute atomic E-state index is 9.10. The Balaban J connectivity index is 2.40. The number of ether oxygens (including phenoxy) is 1. The third kappa shape index (κ3) is 1.66. The van der Waals surface area contributed by atoms with Crippen LogP contribution in [0.2, 0.25) is 0 Å². The Morgan fingerprint density at radius 1 is 1.46 bits per heavy atom. The van der Waals surface area contributed by atoms with Crippen molar-refractivity contribution in [1.29, 1.82) is 0 Å². The summed E-state index contributed by atoms with van der Waals surface area (Å²) in [5.74, 6) is 0.900. The monoisotopic (exact) mass is 179 g/mol. The van der Waals surface area contributed by atoms with E-state index in [0.29, 0.717) is 6.61 Å². The van der Waals surface area contributed by atoms with Gasteiger partial charge in [-0.3, -0.25) is 0 Å². The van der Waals surface area contributed by atoms with Gasteiger partial charge in [-0.25, -0.2) is 0 Å². The van der Waals surface area contributed by atoms with Crippen LogP contribution in [0.3, 0.4) is 0 Å². The zero-order chi connectivity index (χ0) is 9.10. The minimum absolute atomic E-state index is 0.0776. The Labute approximate surface area is 77.3 Å². The standard InChI is InChI=1S/C10H13NO2/c12-7-8-2-1-3-10-9(8)6-11-4-5-13-10/h1-3,11-12H,4-7H2. The smallest absolute Gasteiger partial charge is 0.124 e. The zero-order valence-electron chi connectivity index (χ0n) is 7.42. The lowest BCUT2D eigenvalue weighted by molar-refractivity contribution is 0.279. The Hall–Kier alpha value is -1.06. The van der Waals surface area contributed by atoms with Crippen molar-refractivity contribution >= 4 is 0 Å². The molecule has 1 heterocycles. The number of hydrogen-bond acceptors (Lipinski definition) is 3. The first-order valence-corrected chi connectivity index (χ1v) is 4.47. The molecule has 0 unspecified atom stereocenters. The molecule has 0 saturated heterocycles. The number of hydrogen-bond donors (Lipinski definition) is 2. The summed E-state index contributed by atoms with van der Waals surface area (Å²) in [6.07, 6.45) is 0. The van der Waals surface area contributed by atoms with E-state index in [4.69, 9.17) is 9.84 Å². The third-order valence-electron chi connectivity index (χ3n) is 2.24. The van der Waals surface area contributed by atoms with Gasteiger partial charge in [0, 0.05) is 18.7 Å². The van der Waals surface area contributed by atoms with E-state index in [1.807, 2.05) is 18.2 Å². The molecule has 3 heteroatoms. The molecule has 0 fully saturated rings. The van der Waals surface area contributed by atoms with Crippen LogP contribution >= 0.6 is 0 Å². The molecular weight excluding hydrogens is 166 g/mol. The highest BCUT2D eigenvalue weighted by molar-refractivity contribution is 5.40. The molecule has 0 amide bonds. The quantitative estimate of drug-likeness (QED) is 0.665. The average Bonchev–Trinajstić information content (AvgIpc) is 2.41. The molecule has 0 radical (unpaired) electrons. The fourth-order valence-corrected chi connectivity index (χ4v) is 1.54. The summed E-state index contributed by atoms with van der Waals surface area (Å²) in [6.45, 7) is 2.42. The van der Waals surface area contributed by atoms with E-state index in [1.165, 1.54) is 0 Å². The van der Waals surface area contributed by atoms with Crippen molar-refractivity contribution < 1.29 is 9.84 Å². The number of benzene rings is 1. The second kappa shape index (κ2) is 3.77. The van der Waals surface area contributed by atoms with Crippen LogP contribution in [-0.2, 0) is 13.2 Å². The van der Waals surface area contributed by atoms with Gasteiger partial charge in [0.1, 0.15) is 12.4 Å². The normalized spacial score (nSPS) is 15.8. The lowest BCUT2D eigenvalue weighted by Crippen LogP contribution is -2.16. The Kier molecular flexibility index (Phi) is 2.47. The lowest BCUT2D eigenvalue weighted by Gasteiger charge is -2.09. The van der Waals surface area contributed by atoms with E-state index in [-0.39, 0.29) is 6.61 Å². The van der Waals surface area contributed by atoms with Crippen molar-refractivity contribution in [2.24, 2.45) is 0 Å². The molecule has 0 saturated carbocycles. The largest absolute Gasteiger partial charge is 0.492 e. The maximum atomic E-state index is 9.10. The lowest BCUT2D eigenvalue weighted by atomic mass is 10.1. The van der Waals surface area contributed by atoms with Gasteiger partial charge in [-0.1, -0.05) is 12.1 Å². The van der Waals surface area contributed by atoms with Gasteiger partial charge in [0.05, 0.1) is 6.61 Å². The summed E-state index contributed by atoms with van der Waals surface area (Å²) in [7, 11) is 0. The molecule has 0 aromatic heterocycles. The Bertz CT molecular complexity index is 299. The number of aliphatic hydroxyl groups excluding tert-OH is 1. The average molecular weight is 179 g/mol. The van der Waals surface area contributed by atoms with Crippen LogP contribution < -0.4 is 10.1 Å². The van der Waals surface area contributed by atoms with E-state index >= 15 is 0 Å². The second-order valence-electron chi connectivity index (χ2n) is 3.08. The van der Waals surface area contributed by atoms with E-state index in [1.54, 1.807) is 0 Å². The van der Waals surface area contributed by atoms with Gasteiger partial charge < -0.3 is 15.2 Å². The van der Waals surface area contributed by atoms with Crippen molar-refractivity contribution in [2.75, 3.05) is 13.2 Å². The van der Waals surface area contributed by atoms with Crippen LogP contribution in [0.5, 0.6) is 5.75 Å². The van der Waals surface area contributed by atoms with Crippen molar-refractivity contribution in [3.05, 3.63) is 29.3 Å². The minimum atomic E-state index is 0.0776. The Morgan fingerprint density at radius 3 is 3.23 bits per heavy atom. The van der Waals surface area contributed by atoms with Crippen molar-refractivity contribution in [1.82, 2.24) is 5.32 Å². The first-order valence-electron chi connectivity index (χ1n) is 4.47. The highest BCUT2D eigenvalue weighted by atomic mass is 16.5. The molecule has 2 N–H and O–H groups in total. The van der Waals surface area contributed by atoms with Gasteiger partial charge in [-0.15, -0.1) is 0 Å². The van der Waals surface area contributed by atoms with Crippen molar-refractivity contribution in [2.45, 2.75) is 13.2 Å². The SMILES string of the molecule is OCc1cccc2c1CNCCO2. The molecule has 1 aromatic carbocycles. The zero-order valence-corrected chi connectivity index (χ0v) is 7.42. The van der Waals surface area contributed by atoms with Crippen LogP contribution in [0.4, 0.5) is 0 Å². The highest BCUT2D eigenvalue weighted by Gasteiger charge is 2.11. The van der Waals surface area contributed by atoms with Crippen LogP contribution in [0, 0.1) is 0 Å². The molecule has 1 aromatic rings. The molecule has 13 heavy (non-hydrogen) atoms. The van der Waals surface area contributed by atoms with Gasteiger partial charge in [0.25, 0.3) is 0 Å². The van der Waals surface area contributed by atoms with Gasteiger partial charge in [0.2, 0.25) is 0 Å². The molecule has 1 aliphatic heterocycles. The topological polar surface area (TPSA) is 41.5 Å². The number of nitrogens with one attached hydrogen (secondary N) is 1.